The summed E-state index contributed by atoms with van der Waals surface area (Å²) in [7, 11) is 0. The van der Waals surface area contributed by atoms with Gasteiger partial charge in [0.25, 0.3) is 0 Å². The van der Waals surface area contributed by atoms with Crippen LogP contribution in [0.25, 0.3) is 5.57 Å². The van der Waals surface area contributed by atoms with Gasteiger partial charge in [0.05, 0.1) is 5.69 Å². The van der Waals surface area contributed by atoms with E-state index in [2.05, 4.69) is 30.1 Å². The van der Waals surface area contributed by atoms with Gasteiger partial charge in [-0.25, -0.2) is 4.98 Å². The van der Waals surface area contributed by atoms with Crippen molar-refractivity contribution in [1.82, 2.24) is 4.98 Å². The second-order valence-electron chi connectivity index (χ2n) is 3.78. The maximum Gasteiger partial charge on any atom is 0.167 e. The molecule has 0 aromatic carbocycles. The number of aromatic nitrogens is 1. The second-order valence-corrected chi connectivity index (χ2v) is 4.64. The average Bonchev–Trinajstić information content (AvgIpc) is 2.75. The first-order valence-electron chi connectivity index (χ1n) is 4.84. The zero-order chi connectivity index (χ0) is 10.1. The SMILES string of the molecule is C#Cc1nc(C2=C(C)C(C)CC2)cs1. The molecule has 1 unspecified atom stereocenters. The number of allylic oxidation sites excluding steroid dienone is 2. The molecule has 1 heterocycles. The molecule has 0 aliphatic heterocycles. The van der Waals surface area contributed by atoms with Gasteiger partial charge in [-0.3, -0.25) is 0 Å². The van der Waals surface area contributed by atoms with Crippen LogP contribution < -0.4 is 0 Å². The number of nitrogens with zero attached hydrogens (tertiary/aromatic N) is 1. The van der Waals surface area contributed by atoms with Gasteiger partial charge in [0, 0.05) is 5.38 Å². The molecule has 1 aromatic rings. The van der Waals surface area contributed by atoms with Gasteiger partial charge < -0.3 is 0 Å². The van der Waals surface area contributed by atoms with Gasteiger partial charge in [-0.1, -0.05) is 12.5 Å². The number of thiazole rings is 1. The molecule has 1 aromatic heterocycles. The molecule has 1 atom stereocenters. The smallest absolute Gasteiger partial charge is 0.167 e. The number of hydrogen-bond donors (Lipinski definition) is 0. The molecule has 72 valence electrons. The molecular weight excluding hydrogens is 190 g/mol. The Balaban J connectivity index is 2.37. The molecule has 0 amide bonds. The van der Waals surface area contributed by atoms with Crippen molar-refractivity contribution in [3.8, 4) is 12.3 Å². The van der Waals surface area contributed by atoms with Gasteiger partial charge in [0.15, 0.2) is 5.01 Å². The minimum atomic E-state index is 0.709. The summed E-state index contributed by atoms with van der Waals surface area (Å²) in [5, 5.41) is 2.87. The van der Waals surface area contributed by atoms with Crippen LogP contribution in [0.2, 0.25) is 0 Å². The first-order valence-corrected chi connectivity index (χ1v) is 5.72. The molecule has 14 heavy (non-hydrogen) atoms. The highest BCUT2D eigenvalue weighted by Gasteiger charge is 2.20. The van der Waals surface area contributed by atoms with Crippen LogP contribution in [-0.2, 0) is 0 Å². The monoisotopic (exact) mass is 203 g/mol. The van der Waals surface area contributed by atoms with E-state index in [1.54, 1.807) is 11.3 Å². The van der Waals surface area contributed by atoms with Crippen molar-refractivity contribution >= 4 is 16.9 Å². The lowest BCUT2D eigenvalue weighted by molar-refractivity contribution is 0.671. The van der Waals surface area contributed by atoms with Crippen molar-refractivity contribution in [3.05, 3.63) is 21.7 Å². The molecule has 2 heteroatoms. The fourth-order valence-electron chi connectivity index (χ4n) is 1.88. The van der Waals surface area contributed by atoms with Crippen LogP contribution in [0.3, 0.4) is 0 Å². The van der Waals surface area contributed by atoms with Gasteiger partial charge in [-0.05, 0) is 37.2 Å². The Hall–Kier alpha value is -1.07. The molecule has 0 radical (unpaired) electrons. The first-order chi connectivity index (χ1) is 6.72. The summed E-state index contributed by atoms with van der Waals surface area (Å²) in [5.74, 6) is 3.29. The molecule has 1 aliphatic rings. The van der Waals surface area contributed by atoms with Crippen molar-refractivity contribution in [3.63, 3.8) is 0 Å². The zero-order valence-electron chi connectivity index (χ0n) is 8.50. The Kier molecular flexibility index (Phi) is 2.43. The Labute approximate surface area is 88.9 Å². The highest BCUT2D eigenvalue weighted by molar-refractivity contribution is 7.10. The molecule has 0 bridgehead atoms. The van der Waals surface area contributed by atoms with Crippen LogP contribution in [0, 0.1) is 18.3 Å². The maximum atomic E-state index is 5.31. The predicted octanol–water partition coefficient (Wildman–Crippen LogP) is 3.33. The molecule has 0 N–H and O–H groups in total. The van der Waals surface area contributed by atoms with Crippen molar-refractivity contribution in [2.75, 3.05) is 0 Å². The molecule has 1 aliphatic carbocycles. The highest BCUT2D eigenvalue weighted by Crippen LogP contribution is 2.37. The summed E-state index contributed by atoms with van der Waals surface area (Å²) in [6.07, 6.45) is 7.71. The van der Waals surface area contributed by atoms with Gasteiger partial charge >= 0.3 is 0 Å². The van der Waals surface area contributed by atoms with Crippen molar-refractivity contribution in [1.29, 1.82) is 0 Å². The lowest BCUT2D eigenvalue weighted by Crippen LogP contribution is -1.88. The van der Waals surface area contributed by atoms with Crippen LogP contribution in [0.1, 0.15) is 37.4 Å². The van der Waals surface area contributed by atoms with Gasteiger partial charge in [0.1, 0.15) is 0 Å². The Morgan fingerprint density at radius 3 is 2.93 bits per heavy atom. The Bertz CT molecular complexity index is 420. The predicted molar refractivity (Wildman–Crippen MR) is 61.0 cm³/mol. The summed E-state index contributed by atoms with van der Waals surface area (Å²) in [6.45, 7) is 4.48. The van der Waals surface area contributed by atoms with Gasteiger partial charge in [0.2, 0.25) is 0 Å². The molecule has 2 rings (SSSR count). The highest BCUT2D eigenvalue weighted by atomic mass is 32.1. The van der Waals surface area contributed by atoms with Crippen LogP contribution in [0.15, 0.2) is 11.0 Å². The summed E-state index contributed by atoms with van der Waals surface area (Å²) >= 11 is 1.56. The van der Waals surface area contributed by atoms with Crippen LogP contribution in [0.5, 0.6) is 0 Å². The minimum Gasteiger partial charge on any atom is -0.228 e. The third-order valence-corrected chi connectivity index (χ3v) is 3.75. The molecule has 0 fully saturated rings. The number of rotatable bonds is 1. The van der Waals surface area contributed by atoms with Crippen molar-refractivity contribution in [2.24, 2.45) is 5.92 Å². The third kappa shape index (κ3) is 1.49. The number of hydrogen-bond acceptors (Lipinski definition) is 2. The fourth-order valence-corrected chi connectivity index (χ4v) is 2.52. The maximum absolute atomic E-state index is 5.31. The van der Waals surface area contributed by atoms with E-state index in [9.17, 15) is 0 Å². The Morgan fingerprint density at radius 2 is 2.43 bits per heavy atom. The molecule has 0 saturated carbocycles. The normalized spacial score (nSPS) is 21.4. The lowest BCUT2D eigenvalue weighted by atomic mass is 10.0. The summed E-state index contributed by atoms with van der Waals surface area (Å²) in [6, 6.07) is 0. The standard InChI is InChI=1S/C12H13NS/c1-4-12-13-11(7-14-12)10-6-5-8(2)9(10)3/h1,7-8H,5-6H2,2-3H3. The van der Waals surface area contributed by atoms with Crippen LogP contribution >= 0.6 is 11.3 Å². The molecule has 0 spiro atoms. The third-order valence-electron chi connectivity index (χ3n) is 2.98. The zero-order valence-corrected chi connectivity index (χ0v) is 9.32. The molecule has 0 saturated heterocycles. The van der Waals surface area contributed by atoms with Crippen molar-refractivity contribution < 1.29 is 0 Å². The summed E-state index contributed by atoms with van der Waals surface area (Å²) in [4.78, 5) is 4.42. The largest absolute Gasteiger partial charge is 0.228 e. The quantitative estimate of drug-likeness (QED) is 0.638. The second kappa shape index (κ2) is 3.59. The Morgan fingerprint density at radius 1 is 1.64 bits per heavy atom. The van der Waals surface area contributed by atoms with E-state index in [0.717, 1.165) is 17.1 Å². The first kappa shape index (κ1) is 9.48. The fraction of sp³-hybridized carbons (Fsp3) is 0.417. The molecular formula is C12H13NS. The summed E-state index contributed by atoms with van der Waals surface area (Å²) in [5.41, 5.74) is 4.00. The van der Waals surface area contributed by atoms with Crippen LogP contribution in [-0.4, -0.2) is 4.98 Å². The van der Waals surface area contributed by atoms with E-state index in [-0.39, 0.29) is 0 Å². The van der Waals surface area contributed by atoms with E-state index in [0.29, 0.717) is 5.92 Å². The molecule has 1 nitrogen and oxygen atoms in total. The lowest BCUT2D eigenvalue weighted by Gasteiger charge is -2.02. The van der Waals surface area contributed by atoms with Gasteiger partial charge in [-0.2, -0.15) is 0 Å². The van der Waals surface area contributed by atoms with E-state index in [4.69, 9.17) is 6.42 Å². The van der Waals surface area contributed by atoms with Gasteiger partial charge in [-0.15, -0.1) is 17.8 Å². The van der Waals surface area contributed by atoms with E-state index < -0.39 is 0 Å². The number of terminal acetylenes is 1. The van der Waals surface area contributed by atoms with Crippen molar-refractivity contribution in [2.45, 2.75) is 26.7 Å². The summed E-state index contributed by atoms with van der Waals surface area (Å²) < 4.78 is 0. The van der Waals surface area contributed by atoms with E-state index >= 15 is 0 Å². The van der Waals surface area contributed by atoms with Crippen LogP contribution in [0.4, 0.5) is 0 Å². The van der Waals surface area contributed by atoms with E-state index in [1.165, 1.54) is 17.6 Å². The minimum absolute atomic E-state index is 0.709. The topological polar surface area (TPSA) is 12.9 Å². The van der Waals surface area contributed by atoms with E-state index in [1.807, 2.05) is 0 Å². The average molecular weight is 203 g/mol.